The molecule has 2 fully saturated rings. The summed E-state index contributed by atoms with van der Waals surface area (Å²) in [6, 6.07) is 3.71. The maximum Gasteiger partial charge on any atom is 0.326 e. The highest BCUT2D eigenvalue weighted by Gasteiger charge is 2.41. The van der Waals surface area contributed by atoms with Crippen LogP contribution in [-0.4, -0.2) is 49.0 Å². The first kappa shape index (κ1) is 21.0. The quantitative estimate of drug-likeness (QED) is 0.714. The van der Waals surface area contributed by atoms with Crippen molar-refractivity contribution in [1.29, 1.82) is 0 Å². The number of carboxylic acid groups (broad SMARTS) is 1. The average Bonchev–Trinajstić information content (AvgIpc) is 3.24. The van der Waals surface area contributed by atoms with Crippen LogP contribution in [0.15, 0.2) is 28.0 Å². The fraction of sp³-hybridized carbons (Fsp3) is 0.500. The van der Waals surface area contributed by atoms with E-state index < -0.39 is 21.8 Å². The highest BCUT2D eigenvalue weighted by Crippen LogP contribution is 2.43. The molecule has 10 heteroatoms. The average molecular weight is 454 g/mol. The third kappa shape index (κ3) is 3.33. The second-order valence-electron chi connectivity index (χ2n) is 7.76. The van der Waals surface area contributed by atoms with Crippen LogP contribution < -0.4 is 9.64 Å². The first-order valence-corrected chi connectivity index (χ1v) is 11.8. The van der Waals surface area contributed by atoms with E-state index in [-0.39, 0.29) is 20.9 Å². The van der Waals surface area contributed by atoms with Crippen LogP contribution >= 0.6 is 11.6 Å². The normalized spacial score (nSPS) is 19.7. The van der Waals surface area contributed by atoms with E-state index >= 15 is 0 Å². The van der Waals surface area contributed by atoms with Crippen molar-refractivity contribution >= 4 is 33.2 Å². The van der Waals surface area contributed by atoms with Gasteiger partial charge in [-0.15, -0.1) is 0 Å². The van der Waals surface area contributed by atoms with E-state index in [1.165, 1.54) is 19.2 Å². The number of methoxy groups -OCH3 is 1. The van der Waals surface area contributed by atoms with Crippen molar-refractivity contribution in [3.63, 3.8) is 0 Å². The number of anilines is 1. The summed E-state index contributed by atoms with van der Waals surface area (Å²) in [4.78, 5) is 13.5. The number of carbonyl (C=O) groups is 1. The number of halogens is 1. The number of ether oxygens (including phenoxy) is 1. The topological polar surface area (TPSA) is 102 Å². The van der Waals surface area contributed by atoms with Crippen molar-refractivity contribution in [2.75, 3.05) is 18.6 Å². The fourth-order valence-corrected chi connectivity index (χ4v) is 6.33. The Balaban J connectivity index is 1.91. The first-order chi connectivity index (χ1) is 14.3. The van der Waals surface area contributed by atoms with Gasteiger partial charge in [-0.3, -0.25) is 0 Å². The summed E-state index contributed by atoms with van der Waals surface area (Å²) in [7, 11) is -2.57. The summed E-state index contributed by atoms with van der Waals surface area (Å²) in [5.41, 5.74) is 0.347. The van der Waals surface area contributed by atoms with E-state index in [2.05, 4.69) is 5.10 Å². The minimum absolute atomic E-state index is 0.0367. The van der Waals surface area contributed by atoms with E-state index in [4.69, 9.17) is 16.3 Å². The van der Waals surface area contributed by atoms with E-state index in [9.17, 15) is 18.3 Å². The molecule has 162 valence electrons. The van der Waals surface area contributed by atoms with Gasteiger partial charge in [0.05, 0.1) is 28.8 Å². The zero-order valence-corrected chi connectivity index (χ0v) is 18.4. The highest BCUT2D eigenvalue weighted by molar-refractivity contribution is 7.91. The maximum atomic E-state index is 13.7. The molecule has 8 nitrogen and oxygen atoms in total. The lowest BCUT2D eigenvalue weighted by Gasteiger charge is -2.32. The smallest absolute Gasteiger partial charge is 0.326 e. The van der Waals surface area contributed by atoms with Crippen LogP contribution in [0, 0.1) is 6.92 Å². The Bertz CT molecular complexity index is 1090. The molecule has 0 spiro atoms. The SMILES string of the molecule is COc1ccc(S(=O)(=O)c2c(C)nn(C3CCC3)c2N2CCCC2C(=O)O)c(Cl)c1. The summed E-state index contributed by atoms with van der Waals surface area (Å²) in [5.74, 6) is -0.141. The molecular formula is C20H24ClN3O5S. The molecule has 1 atom stereocenters. The number of aromatic nitrogens is 2. The Morgan fingerprint density at radius 2 is 2.00 bits per heavy atom. The van der Waals surface area contributed by atoms with Gasteiger partial charge in [-0.1, -0.05) is 11.6 Å². The highest BCUT2D eigenvalue weighted by atomic mass is 35.5. The number of carboxylic acids is 1. The molecule has 1 aromatic heterocycles. The lowest BCUT2D eigenvalue weighted by atomic mass is 9.93. The minimum atomic E-state index is -4.04. The Morgan fingerprint density at radius 1 is 1.27 bits per heavy atom. The predicted octanol–water partition coefficient (Wildman–Crippen LogP) is 3.46. The number of hydrogen-bond donors (Lipinski definition) is 1. The molecule has 4 rings (SSSR count). The van der Waals surface area contributed by atoms with E-state index in [1.807, 2.05) is 0 Å². The molecule has 1 saturated carbocycles. The predicted molar refractivity (Wildman–Crippen MR) is 111 cm³/mol. The van der Waals surface area contributed by atoms with Crippen molar-refractivity contribution in [1.82, 2.24) is 9.78 Å². The Labute approximate surface area is 180 Å². The number of nitrogens with zero attached hydrogens (tertiary/aromatic N) is 3. The first-order valence-electron chi connectivity index (χ1n) is 9.93. The third-order valence-corrected chi connectivity index (χ3v) is 8.31. The molecule has 1 saturated heterocycles. The molecule has 0 amide bonds. The van der Waals surface area contributed by atoms with Gasteiger partial charge in [0.2, 0.25) is 9.84 Å². The summed E-state index contributed by atoms with van der Waals surface area (Å²) in [6.45, 7) is 2.11. The van der Waals surface area contributed by atoms with Gasteiger partial charge in [0.25, 0.3) is 0 Å². The van der Waals surface area contributed by atoms with E-state index in [1.54, 1.807) is 22.6 Å². The van der Waals surface area contributed by atoms with Crippen molar-refractivity contribution < 1.29 is 23.1 Å². The van der Waals surface area contributed by atoms with Crippen molar-refractivity contribution in [3.8, 4) is 5.75 Å². The van der Waals surface area contributed by atoms with Crippen LogP contribution in [-0.2, 0) is 14.6 Å². The molecule has 1 N–H and O–H groups in total. The number of benzene rings is 1. The van der Waals surface area contributed by atoms with Gasteiger partial charge < -0.3 is 14.7 Å². The largest absolute Gasteiger partial charge is 0.497 e. The lowest BCUT2D eigenvalue weighted by Crippen LogP contribution is -2.39. The van der Waals surface area contributed by atoms with Gasteiger partial charge >= 0.3 is 5.97 Å². The van der Waals surface area contributed by atoms with Crippen LogP contribution in [0.5, 0.6) is 5.75 Å². The summed E-state index contributed by atoms with van der Waals surface area (Å²) < 4.78 is 34.3. The monoisotopic (exact) mass is 453 g/mol. The number of aliphatic carboxylic acids is 1. The van der Waals surface area contributed by atoms with Gasteiger partial charge in [-0.05, 0) is 51.2 Å². The molecule has 30 heavy (non-hydrogen) atoms. The second kappa shape index (κ2) is 7.77. The molecule has 1 aliphatic carbocycles. The standard InChI is InChI=1S/C20H24ClN3O5S/c1-12-18(30(27,28)17-9-8-14(29-2)11-15(17)21)19(24(22-12)13-5-3-6-13)23-10-4-7-16(23)20(25)26/h8-9,11,13,16H,3-7,10H2,1-2H3,(H,25,26). The Morgan fingerprint density at radius 3 is 2.57 bits per heavy atom. The second-order valence-corrected chi connectivity index (χ2v) is 10.0. The van der Waals surface area contributed by atoms with Crippen LogP contribution in [0.2, 0.25) is 5.02 Å². The van der Waals surface area contributed by atoms with Crippen LogP contribution in [0.3, 0.4) is 0 Å². The minimum Gasteiger partial charge on any atom is -0.497 e. The number of sulfone groups is 1. The lowest BCUT2D eigenvalue weighted by molar-refractivity contribution is -0.138. The number of rotatable bonds is 6. The molecule has 1 aliphatic heterocycles. The van der Waals surface area contributed by atoms with Gasteiger partial charge in [0.15, 0.2) is 0 Å². The third-order valence-electron chi connectivity index (χ3n) is 5.93. The summed E-state index contributed by atoms with van der Waals surface area (Å²) in [6.07, 6.45) is 3.96. The van der Waals surface area contributed by atoms with Gasteiger partial charge in [0, 0.05) is 12.6 Å². The van der Waals surface area contributed by atoms with Gasteiger partial charge in [0.1, 0.15) is 22.5 Å². The van der Waals surface area contributed by atoms with Crippen molar-refractivity contribution in [2.45, 2.75) is 60.9 Å². The van der Waals surface area contributed by atoms with Crippen molar-refractivity contribution in [3.05, 3.63) is 28.9 Å². The van der Waals surface area contributed by atoms with Gasteiger partial charge in [-0.2, -0.15) is 5.10 Å². The molecule has 0 radical (unpaired) electrons. The van der Waals surface area contributed by atoms with Crippen LogP contribution in [0.4, 0.5) is 5.82 Å². The number of hydrogen-bond acceptors (Lipinski definition) is 6. The zero-order chi connectivity index (χ0) is 21.6. The molecule has 1 unspecified atom stereocenters. The van der Waals surface area contributed by atoms with Crippen LogP contribution in [0.1, 0.15) is 43.8 Å². The maximum absolute atomic E-state index is 13.7. The zero-order valence-electron chi connectivity index (χ0n) is 16.8. The Kier molecular flexibility index (Phi) is 5.44. The summed E-state index contributed by atoms with van der Waals surface area (Å²) in [5, 5.41) is 14.3. The molecule has 0 bridgehead atoms. The van der Waals surface area contributed by atoms with Crippen molar-refractivity contribution in [2.24, 2.45) is 0 Å². The molecule has 2 heterocycles. The molecular weight excluding hydrogens is 430 g/mol. The Hall–Kier alpha value is -2.26. The summed E-state index contributed by atoms with van der Waals surface area (Å²) >= 11 is 6.30. The van der Waals surface area contributed by atoms with Crippen LogP contribution in [0.25, 0.3) is 0 Å². The van der Waals surface area contributed by atoms with Gasteiger partial charge in [-0.25, -0.2) is 17.9 Å². The van der Waals surface area contributed by atoms with E-state index in [0.29, 0.717) is 36.6 Å². The molecule has 1 aromatic carbocycles. The molecule has 2 aromatic rings. The fourth-order valence-electron chi connectivity index (χ4n) is 4.20. The number of aryl methyl sites for hydroxylation is 1. The molecule has 2 aliphatic rings. The van der Waals surface area contributed by atoms with E-state index in [0.717, 1.165) is 19.3 Å².